The van der Waals surface area contributed by atoms with E-state index in [4.69, 9.17) is 11.6 Å². The zero-order valence-electron chi connectivity index (χ0n) is 11.9. The van der Waals surface area contributed by atoms with Crippen molar-refractivity contribution in [3.63, 3.8) is 0 Å². The minimum atomic E-state index is -2.91. The predicted octanol–water partition coefficient (Wildman–Crippen LogP) is 2.31. The zero-order valence-corrected chi connectivity index (χ0v) is 13.5. The van der Waals surface area contributed by atoms with Crippen LogP contribution in [-0.2, 0) is 21.2 Å². The highest BCUT2D eigenvalue weighted by Crippen LogP contribution is 2.59. The molecule has 120 valence electrons. The minimum Gasteiger partial charge on any atom is -0.352 e. The summed E-state index contributed by atoms with van der Waals surface area (Å²) in [6.45, 7) is 0.295. The van der Waals surface area contributed by atoms with Crippen LogP contribution in [0, 0.1) is 17.2 Å². The van der Waals surface area contributed by atoms with E-state index in [0.717, 1.165) is 12.0 Å². The second kappa shape index (κ2) is 5.49. The molecule has 1 spiro atoms. The van der Waals surface area contributed by atoms with Crippen molar-refractivity contribution in [1.82, 2.24) is 5.32 Å². The van der Waals surface area contributed by atoms with Crippen molar-refractivity contribution in [2.24, 2.45) is 11.3 Å². The normalized spacial score (nSPS) is 24.9. The Balaban J connectivity index is 1.55. The highest BCUT2D eigenvalue weighted by atomic mass is 35.5. The van der Waals surface area contributed by atoms with Crippen molar-refractivity contribution in [1.29, 1.82) is 0 Å². The molecule has 1 N–H and O–H groups in total. The van der Waals surface area contributed by atoms with E-state index in [2.05, 4.69) is 5.32 Å². The van der Waals surface area contributed by atoms with Gasteiger partial charge in [-0.2, -0.15) is 0 Å². The summed E-state index contributed by atoms with van der Waals surface area (Å²) in [7, 11) is -2.91. The molecule has 1 aliphatic heterocycles. The first-order valence-electron chi connectivity index (χ1n) is 7.23. The van der Waals surface area contributed by atoms with Crippen LogP contribution < -0.4 is 5.32 Å². The van der Waals surface area contributed by atoms with Crippen LogP contribution in [0.5, 0.6) is 0 Å². The first kappa shape index (κ1) is 15.7. The maximum absolute atomic E-state index is 13.1. The van der Waals surface area contributed by atoms with E-state index in [0.29, 0.717) is 19.4 Å². The lowest BCUT2D eigenvalue weighted by Gasteiger charge is -2.22. The van der Waals surface area contributed by atoms with Gasteiger partial charge in [-0.25, -0.2) is 12.8 Å². The van der Waals surface area contributed by atoms with Crippen LogP contribution in [0.1, 0.15) is 24.8 Å². The average Bonchev–Trinajstić information content (AvgIpc) is 3.18. The number of hydrogen-bond donors (Lipinski definition) is 1. The van der Waals surface area contributed by atoms with Gasteiger partial charge in [0.05, 0.1) is 16.5 Å². The predicted molar refractivity (Wildman–Crippen MR) is 81.7 cm³/mol. The Hall–Kier alpha value is -1.14. The van der Waals surface area contributed by atoms with Crippen LogP contribution in [-0.4, -0.2) is 25.8 Å². The second-order valence-electron chi connectivity index (χ2n) is 6.24. The minimum absolute atomic E-state index is 0.0344. The van der Waals surface area contributed by atoms with Gasteiger partial charge in [0.15, 0.2) is 0 Å². The van der Waals surface area contributed by atoms with Crippen LogP contribution in [0.2, 0.25) is 5.02 Å². The molecule has 1 aliphatic carbocycles. The SMILES string of the molecule is O=C(NCc1ccc(F)c(Cl)c1)[C@H]1CC12CCS(=O)(=O)CC2. The molecule has 22 heavy (non-hydrogen) atoms. The Bertz CT molecular complexity index is 705. The van der Waals surface area contributed by atoms with Gasteiger partial charge in [0.25, 0.3) is 0 Å². The van der Waals surface area contributed by atoms with Gasteiger partial charge < -0.3 is 5.32 Å². The van der Waals surface area contributed by atoms with Crippen molar-refractivity contribution in [2.75, 3.05) is 11.5 Å². The fourth-order valence-electron chi connectivity index (χ4n) is 3.18. The quantitative estimate of drug-likeness (QED) is 0.914. The molecule has 0 aromatic heterocycles. The molecule has 7 heteroatoms. The van der Waals surface area contributed by atoms with E-state index in [1.165, 1.54) is 12.1 Å². The Morgan fingerprint density at radius 1 is 1.36 bits per heavy atom. The van der Waals surface area contributed by atoms with Crippen LogP contribution in [0.4, 0.5) is 4.39 Å². The number of halogens is 2. The largest absolute Gasteiger partial charge is 0.352 e. The van der Waals surface area contributed by atoms with Crippen LogP contribution in [0.15, 0.2) is 18.2 Å². The molecule has 0 bridgehead atoms. The molecule has 1 saturated heterocycles. The Morgan fingerprint density at radius 2 is 2.05 bits per heavy atom. The zero-order chi connectivity index (χ0) is 16.0. The summed E-state index contributed by atoms with van der Waals surface area (Å²) in [6, 6.07) is 4.35. The lowest BCUT2D eigenvalue weighted by atomic mass is 9.96. The van der Waals surface area contributed by atoms with E-state index in [-0.39, 0.29) is 33.8 Å². The van der Waals surface area contributed by atoms with Crippen molar-refractivity contribution < 1.29 is 17.6 Å². The summed E-state index contributed by atoms with van der Waals surface area (Å²) in [5.41, 5.74) is 0.621. The monoisotopic (exact) mass is 345 g/mol. The number of nitrogens with one attached hydrogen (secondary N) is 1. The van der Waals surface area contributed by atoms with E-state index in [1.807, 2.05) is 0 Å². The molecular formula is C15H17ClFNO3S. The number of sulfone groups is 1. The third-order valence-electron chi connectivity index (χ3n) is 4.78. The van der Waals surface area contributed by atoms with E-state index < -0.39 is 15.7 Å². The topological polar surface area (TPSA) is 63.2 Å². The summed E-state index contributed by atoms with van der Waals surface area (Å²) < 4.78 is 36.0. The Kier molecular flexibility index (Phi) is 3.93. The molecule has 4 nitrogen and oxygen atoms in total. The number of hydrogen-bond acceptors (Lipinski definition) is 3. The van der Waals surface area contributed by atoms with Crippen molar-refractivity contribution in [3.05, 3.63) is 34.6 Å². The first-order chi connectivity index (χ1) is 10.3. The number of rotatable bonds is 3. The van der Waals surface area contributed by atoms with Crippen LogP contribution >= 0.6 is 11.6 Å². The Labute approximate surface area is 134 Å². The van der Waals surface area contributed by atoms with E-state index >= 15 is 0 Å². The number of carbonyl (C=O) groups is 1. The third kappa shape index (κ3) is 3.13. The van der Waals surface area contributed by atoms with E-state index in [9.17, 15) is 17.6 Å². The highest BCUT2D eigenvalue weighted by Gasteiger charge is 2.59. The van der Waals surface area contributed by atoms with E-state index in [1.54, 1.807) is 6.07 Å². The van der Waals surface area contributed by atoms with Crippen molar-refractivity contribution >= 4 is 27.3 Å². The van der Waals surface area contributed by atoms with Crippen LogP contribution in [0.3, 0.4) is 0 Å². The smallest absolute Gasteiger partial charge is 0.223 e. The molecule has 2 fully saturated rings. The summed E-state index contributed by atoms with van der Waals surface area (Å²) in [5, 5.41) is 2.86. The van der Waals surface area contributed by atoms with Gasteiger partial charge in [-0.15, -0.1) is 0 Å². The fourth-order valence-corrected chi connectivity index (χ4v) is 5.02. The van der Waals surface area contributed by atoms with Gasteiger partial charge in [-0.3, -0.25) is 4.79 Å². The lowest BCUT2D eigenvalue weighted by Crippen LogP contribution is -2.31. The molecule has 1 atom stereocenters. The van der Waals surface area contributed by atoms with Gasteiger partial charge in [-0.05, 0) is 42.4 Å². The van der Waals surface area contributed by atoms with Gasteiger partial charge in [-0.1, -0.05) is 17.7 Å². The van der Waals surface area contributed by atoms with Gasteiger partial charge >= 0.3 is 0 Å². The number of benzene rings is 1. The molecular weight excluding hydrogens is 329 g/mol. The fraction of sp³-hybridized carbons (Fsp3) is 0.533. The highest BCUT2D eigenvalue weighted by molar-refractivity contribution is 7.91. The number of carbonyl (C=O) groups excluding carboxylic acids is 1. The summed E-state index contributed by atoms with van der Waals surface area (Å²) in [5.74, 6) is -0.269. The first-order valence-corrected chi connectivity index (χ1v) is 9.43. The Morgan fingerprint density at radius 3 is 2.68 bits per heavy atom. The van der Waals surface area contributed by atoms with Gasteiger partial charge in [0, 0.05) is 12.5 Å². The van der Waals surface area contributed by atoms with Crippen molar-refractivity contribution in [2.45, 2.75) is 25.8 Å². The summed E-state index contributed by atoms with van der Waals surface area (Å²) in [4.78, 5) is 12.2. The maximum atomic E-state index is 13.1. The molecule has 0 unspecified atom stereocenters. The molecule has 0 radical (unpaired) electrons. The number of amides is 1. The summed E-state index contributed by atoms with van der Waals surface area (Å²) in [6.07, 6.45) is 1.92. The molecule has 1 aromatic rings. The van der Waals surface area contributed by atoms with Gasteiger partial charge in [0.2, 0.25) is 5.91 Å². The van der Waals surface area contributed by atoms with Crippen LogP contribution in [0.25, 0.3) is 0 Å². The standard InChI is InChI=1S/C15H17ClFNO3S/c16-12-7-10(1-2-13(12)17)9-18-14(19)11-8-15(11)3-5-22(20,21)6-4-15/h1-2,7,11H,3-6,8-9H2,(H,18,19)/t11-/m1/s1. The molecule has 1 aromatic carbocycles. The summed E-state index contributed by atoms with van der Waals surface area (Å²) >= 11 is 5.70. The molecule has 3 rings (SSSR count). The molecule has 1 heterocycles. The molecule has 2 aliphatic rings. The molecule has 1 saturated carbocycles. The average molecular weight is 346 g/mol. The second-order valence-corrected chi connectivity index (χ2v) is 8.95. The van der Waals surface area contributed by atoms with Gasteiger partial charge in [0.1, 0.15) is 15.7 Å². The van der Waals surface area contributed by atoms with Crippen molar-refractivity contribution in [3.8, 4) is 0 Å². The maximum Gasteiger partial charge on any atom is 0.223 e. The third-order valence-corrected chi connectivity index (χ3v) is 6.72. The molecule has 1 amide bonds. The lowest BCUT2D eigenvalue weighted by molar-refractivity contribution is -0.123.